The van der Waals surface area contributed by atoms with Gasteiger partial charge in [-0.05, 0) is 6.92 Å². The molecule has 1 rings (SSSR count). The first-order valence-electron chi connectivity index (χ1n) is 3.64. The normalized spacial score (nSPS) is 13.9. The summed E-state index contributed by atoms with van der Waals surface area (Å²) in [6.45, 7) is 2.01. The summed E-state index contributed by atoms with van der Waals surface area (Å²) in [4.78, 5) is 18.2. The Morgan fingerprint density at radius 3 is 2.42 bits per heavy atom. The van der Waals surface area contributed by atoms with Gasteiger partial charge in [0.05, 0.1) is 8.15 Å². The molecule has 0 fully saturated rings. The fourth-order valence-corrected chi connectivity index (χ4v) is 2.63. The van der Waals surface area contributed by atoms with Crippen molar-refractivity contribution >= 4 is 22.3 Å². The first-order chi connectivity index (χ1) is 5.74. The Bertz CT molecular complexity index is 235. The van der Waals surface area contributed by atoms with Crippen LogP contribution in [0.4, 0.5) is 0 Å². The van der Waals surface area contributed by atoms with Gasteiger partial charge in [0.25, 0.3) is 0 Å². The SMILES string of the molecule is Cc1ccc(P(O)CPO)cc1. The molecule has 0 aliphatic rings. The van der Waals surface area contributed by atoms with Crippen molar-refractivity contribution in [3.05, 3.63) is 29.8 Å². The fraction of sp³-hybridized carbons (Fsp3) is 0.250. The van der Waals surface area contributed by atoms with Crippen LogP contribution in [0, 0.1) is 6.92 Å². The third-order valence-electron chi connectivity index (χ3n) is 1.55. The molecule has 0 radical (unpaired) electrons. The Morgan fingerprint density at radius 2 is 1.92 bits per heavy atom. The van der Waals surface area contributed by atoms with Crippen molar-refractivity contribution in [1.29, 1.82) is 0 Å². The molecule has 0 aliphatic heterocycles. The van der Waals surface area contributed by atoms with Gasteiger partial charge in [-0.2, -0.15) is 0 Å². The zero-order chi connectivity index (χ0) is 8.97. The van der Waals surface area contributed by atoms with Gasteiger partial charge < -0.3 is 9.79 Å². The molecule has 0 heterocycles. The average molecular weight is 202 g/mol. The molecule has 12 heavy (non-hydrogen) atoms. The van der Waals surface area contributed by atoms with Crippen molar-refractivity contribution in [2.24, 2.45) is 0 Å². The first-order valence-corrected chi connectivity index (χ1v) is 6.27. The van der Waals surface area contributed by atoms with Crippen LogP contribution >= 0.6 is 17.0 Å². The molecule has 2 nitrogen and oxygen atoms in total. The van der Waals surface area contributed by atoms with Crippen LogP contribution in [0.15, 0.2) is 24.3 Å². The molecular formula is C8H12O2P2. The largest absolute Gasteiger partial charge is 0.377 e. The van der Waals surface area contributed by atoms with Crippen LogP contribution in [-0.2, 0) is 0 Å². The third kappa shape index (κ3) is 2.80. The molecule has 1 aromatic rings. The number of hydrogen-bond donors (Lipinski definition) is 2. The van der Waals surface area contributed by atoms with E-state index in [1.807, 2.05) is 31.2 Å². The smallest absolute Gasteiger partial charge is 0.0627 e. The second kappa shape index (κ2) is 4.89. The zero-order valence-electron chi connectivity index (χ0n) is 6.86. The van der Waals surface area contributed by atoms with Gasteiger partial charge in [0.1, 0.15) is 0 Å². The van der Waals surface area contributed by atoms with E-state index in [1.165, 1.54) is 5.56 Å². The van der Waals surface area contributed by atoms with E-state index in [0.717, 1.165) is 5.30 Å². The first kappa shape index (κ1) is 10.1. The van der Waals surface area contributed by atoms with E-state index in [0.29, 0.717) is 5.90 Å². The van der Waals surface area contributed by atoms with E-state index >= 15 is 0 Å². The summed E-state index contributed by atoms with van der Waals surface area (Å²) in [7, 11) is -1.29. The van der Waals surface area contributed by atoms with Crippen LogP contribution in [0.3, 0.4) is 0 Å². The Balaban J connectivity index is 2.68. The monoisotopic (exact) mass is 202 g/mol. The lowest BCUT2D eigenvalue weighted by molar-refractivity contribution is 0.630. The van der Waals surface area contributed by atoms with Crippen LogP contribution in [-0.4, -0.2) is 15.7 Å². The Morgan fingerprint density at radius 1 is 1.33 bits per heavy atom. The highest BCUT2D eigenvalue weighted by Crippen LogP contribution is 2.34. The van der Waals surface area contributed by atoms with Gasteiger partial charge in [-0.25, -0.2) is 0 Å². The summed E-state index contributed by atoms with van der Waals surface area (Å²) in [5.41, 5.74) is 1.19. The van der Waals surface area contributed by atoms with Gasteiger partial charge in [-0.3, -0.25) is 0 Å². The molecule has 4 heteroatoms. The molecule has 66 valence electrons. The van der Waals surface area contributed by atoms with Crippen LogP contribution in [0.25, 0.3) is 0 Å². The third-order valence-corrected chi connectivity index (χ3v) is 4.21. The standard InChI is InChI=1S/C8H12O2P2/c1-7-2-4-8(5-3-7)12(10)6-11-9/h2-5,9-11H,6H2,1H3. The summed E-state index contributed by atoms with van der Waals surface area (Å²) in [6.07, 6.45) is 0. The molecule has 0 aromatic heterocycles. The van der Waals surface area contributed by atoms with Crippen molar-refractivity contribution < 1.29 is 9.79 Å². The average Bonchev–Trinajstić information content (AvgIpc) is 2.06. The predicted molar refractivity (Wildman–Crippen MR) is 55.4 cm³/mol. The minimum atomic E-state index is -1.13. The summed E-state index contributed by atoms with van der Waals surface area (Å²) in [6, 6.07) is 7.78. The van der Waals surface area contributed by atoms with Crippen molar-refractivity contribution in [2.45, 2.75) is 6.92 Å². The number of rotatable bonds is 3. The van der Waals surface area contributed by atoms with Crippen molar-refractivity contribution in [3.63, 3.8) is 0 Å². The Hall–Kier alpha value is -0.0000000000000000555. The van der Waals surface area contributed by atoms with Gasteiger partial charge in [0.2, 0.25) is 0 Å². The quantitative estimate of drug-likeness (QED) is 0.730. The van der Waals surface area contributed by atoms with E-state index in [-0.39, 0.29) is 8.81 Å². The molecule has 1 aromatic carbocycles. The minimum absolute atomic E-state index is 0.160. The van der Waals surface area contributed by atoms with Crippen LogP contribution < -0.4 is 5.30 Å². The van der Waals surface area contributed by atoms with E-state index in [2.05, 4.69) is 0 Å². The highest BCUT2D eigenvalue weighted by molar-refractivity contribution is 7.68. The zero-order valence-corrected chi connectivity index (χ0v) is 8.75. The molecule has 2 N–H and O–H groups in total. The maximum atomic E-state index is 9.52. The van der Waals surface area contributed by atoms with Crippen LogP contribution in [0.5, 0.6) is 0 Å². The molecule has 0 saturated carbocycles. The van der Waals surface area contributed by atoms with Gasteiger partial charge in [-0.1, -0.05) is 29.8 Å². The lowest BCUT2D eigenvalue weighted by Crippen LogP contribution is -2.00. The van der Waals surface area contributed by atoms with Crippen molar-refractivity contribution in [2.75, 3.05) is 5.90 Å². The number of hydrogen-bond acceptors (Lipinski definition) is 2. The maximum Gasteiger partial charge on any atom is 0.0627 e. The van der Waals surface area contributed by atoms with Crippen molar-refractivity contribution in [3.8, 4) is 0 Å². The minimum Gasteiger partial charge on any atom is -0.377 e. The second-order valence-corrected chi connectivity index (χ2v) is 5.45. The molecule has 0 bridgehead atoms. The second-order valence-electron chi connectivity index (χ2n) is 2.55. The van der Waals surface area contributed by atoms with E-state index < -0.39 is 8.15 Å². The maximum absolute atomic E-state index is 9.52. The highest BCUT2D eigenvalue weighted by atomic mass is 31.2. The van der Waals surface area contributed by atoms with Gasteiger partial charge in [0, 0.05) is 20.0 Å². The summed E-state index contributed by atoms with van der Waals surface area (Å²) in [5, 5.41) is 0.942. The van der Waals surface area contributed by atoms with E-state index in [9.17, 15) is 4.89 Å². The molecule has 2 unspecified atom stereocenters. The molecule has 0 amide bonds. The van der Waals surface area contributed by atoms with Gasteiger partial charge in [0.15, 0.2) is 0 Å². The summed E-state index contributed by atoms with van der Waals surface area (Å²) in [5.74, 6) is 0.498. The number of aryl methyl sites for hydroxylation is 1. The van der Waals surface area contributed by atoms with Gasteiger partial charge in [-0.15, -0.1) is 0 Å². The summed E-state index contributed by atoms with van der Waals surface area (Å²) < 4.78 is 0. The van der Waals surface area contributed by atoms with E-state index in [4.69, 9.17) is 4.89 Å². The molecule has 0 aliphatic carbocycles. The molecule has 0 saturated heterocycles. The van der Waals surface area contributed by atoms with Crippen molar-refractivity contribution in [1.82, 2.24) is 0 Å². The van der Waals surface area contributed by atoms with Crippen LogP contribution in [0.2, 0.25) is 0 Å². The number of benzene rings is 1. The lowest BCUT2D eigenvalue weighted by atomic mass is 10.2. The predicted octanol–water partition coefficient (Wildman–Crippen LogP) is 1.55. The molecular weight excluding hydrogens is 190 g/mol. The molecule has 2 atom stereocenters. The van der Waals surface area contributed by atoms with Crippen LogP contribution in [0.1, 0.15) is 5.56 Å². The fourth-order valence-electron chi connectivity index (χ4n) is 0.875. The topological polar surface area (TPSA) is 40.5 Å². The lowest BCUT2D eigenvalue weighted by Gasteiger charge is -2.08. The van der Waals surface area contributed by atoms with E-state index in [1.54, 1.807) is 0 Å². The van der Waals surface area contributed by atoms with Gasteiger partial charge >= 0.3 is 0 Å². The Labute approximate surface area is 75.3 Å². The Kier molecular flexibility index (Phi) is 4.11. The summed E-state index contributed by atoms with van der Waals surface area (Å²) >= 11 is 0. The molecule has 0 spiro atoms. The highest BCUT2D eigenvalue weighted by Gasteiger charge is 2.05.